The highest BCUT2D eigenvalue weighted by Gasteiger charge is 2.12. The van der Waals surface area contributed by atoms with Crippen LogP contribution in [0.5, 0.6) is 0 Å². The highest BCUT2D eigenvalue weighted by atomic mass is 35.5. The number of alkyl halides is 3. The van der Waals surface area contributed by atoms with Gasteiger partial charge in [0.1, 0.15) is 0 Å². The Labute approximate surface area is 113 Å². The van der Waals surface area contributed by atoms with E-state index in [1.165, 1.54) is 0 Å². The van der Waals surface area contributed by atoms with Crippen molar-refractivity contribution >= 4 is 34.8 Å². The zero-order chi connectivity index (χ0) is 12.4. The number of hydrogen-bond acceptors (Lipinski definition) is 3. The fourth-order valence-corrected chi connectivity index (χ4v) is 1.61. The van der Waals surface area contributed by atoms with E-state index in [2.05, 4.69) is 0 Å². The molecule has 0 aliphatic heterocycles. The standard InChI is InChI=1S/C10H19Cl3O3/c11-3-8(1-2-9(14)4-12)6-16-7-10(15)5-13/h8-10,14-15H,1-7H2/p+1. The lowest BCUT2D eigenvalue weighted by Crippen LogP contribution is -2.21. The molecule has 0 aliphatic rings. The molecule has 16 heavy (non-hydrogen) atoms. The fourth-order valence-electron chi connectivity index (χ4n) is 1.13. The zero-order valence-corrected chi connectivity index (χ0v) is 11.4. The third-order valence-corrected chi connectivity index (χ3v) is 3.30. The Morgan fingerprint density at radius 2 is 1.50 bits per heavy atom. The van der Waals surface area contributed by atoms with Crippen LogP contribution in [0, 0.1) is 5.92 Å². The normalized spacial score (nSPS) is 17.1. The van der Waals surface area contributed by atoms with Crippen LogP contribution < -0.4 is 0 Å². The van der Waals surface area contributed by atoms with Crippen LogP contribution in [0.15, 0.2) is 0 Å². The van der Waals surface area contributed by atoms with Gasteiger partial charge in [0.15, 0.2) is 0 Å². The first-order valence-electron chi connectivity index (χ1n) is 5.25. The maximum absolute atomic E-state index is 9.28. The molecule has 0 radical (unpaired) electrons. The summed E-state index contributed by atoms with van der Waals surface area (Å²) >= 11 is 16.7. The predicted molar refractivity (Wildman–Crippen MR) is 68.8 cm³/mol. The van der Waals surface area contributed by atoms with E-state index in [1.807, 2.05) is 0 Å². The topological polar surface area (TPSA) is 49.7 Å². The first-order valence-corrected chi connectivity index (χ1v) is 6.86. The van der Waals surface area contributed by atoms with Crippen molar-refractivity contribution in [2.45, 2.75) is 25.0 Å². The number of hydrogen-bond donors (Lipinski definition) is 2. The van der Waals surface area contributed by atoms with E-state index < -0.39 is 12.2 Å². The van der Waals surface area contributed by atoms with E-state index in [0.29, 0.717) is 18.9 Å². The summed E-state index contributed by atoms with van der Waals surface area (Å²) in [4.78, 5) is 0. The summed E-state index contributed by atoms with van der Waals surface area (Å²) in [5, 5.41) is 18.4. The van der Waals surface area contributed by atoms with Gasteiger partial charge in [0.25, 0.3) is 0 Å². The lowest BCUT2D eigenvalue weighted by atomic mass is 10.0. The van der Waals surface area contributed by atoms with E-state index in [-0.39, 0.29) is 25.7 Å². The van der Waals surface area contributed by atoms with E-state index in [1.54, 1.807) is 0 Å². The molecule has 3 nitrogen and oxygen atoms in total. The molecule has 0 aliphatic carbocycles. The van der Waals surface area contributed by atoms with Crippen molar-refractivity contribution in [3.63, 3.8) is 0 Å². The van der Waals surface area contributed by atoms with Crippen molar-refractivity contribution in [2.24, 2.45) is 5.92 Å². The Hall–Kier alpha value is 0.750. The summed E-state index contributed by atoms with van der Waals surface area (Å²) in [6.45, 7) is 0.682. The van der Waals surface area contributed by atoms with Crippen molar-refractivity contribution < 1.29 is 16.4 Å². The molecular formula is C10H20Cl3O3+. The van der Waals surface area contributed by atoms with Gasteiger partial charge in [-0.1, -0.05) is 0 Å². The van der Waals surface area contributed by atoms with Crippen molar-refractivity contribution in [3.05, 3.63) is 0 Å². The second-order valence-corrected chi connectivity index (χ2v) is 4.68. The van der Waals surface area contributed by atoms with Gasteiger partial charge in [-0.15, -0.1) is 34.8 Å². The van der Waals surface area contributed by atoms with E-state index in [9.17, 15) is 5.11 Å². The number of aliphatic hydroxyl groups excluding tert-OH is 2. The Kier molecular flexibility index (Phi) is 11.4. The van der Waals surface area contributed by atoms with Crippen LogP contribution in [-0.4, -0.2) is 53.3 Å². The molecule has 6 heteroatoms. The molecule has 3 unspecified atom stereocenters. The summed E-state index contributed by atoms with van der Waals surface area (Å²) in [6.07, 6.45) is 0.253. The lowest BCUT2D eigenvalue weighted by molar-refractivity contribution is 0.0305. The molecular weight excluding hydrogens is 274 g/mol. The molecule has 0 fully saturated rings. The second-order valence-electron chi connectivity index (χ2n) is 3.75. The molecule has 0 saturated heterocycles. The van der Waals surface area contributed by atoms with Gasteiger partial charge in [-0.2, -0.15) is 0 Å². The maximum Gasteiger partial charge on any atom is 1.00 e. The molecule has 2 N–H and O–H groups in total. The number of halogens is 3. The number of rotatable bonds is 10. The third-order valence-electron chi connectivity index (χ3n) is 2.15. The van der Waals surface area contributed by atoms with Gasteiger partial charge in [-0.3, -0.25) is 0 Å². The van der Waals surface area contributed by atoms with E-state index in [4.69, 9.17) is 44.6 Å². The quantitative estimate of drug-likeness (QED) is 0.606. The van der Waals surface area contributed by atoms with Gasteiger partial charge < -0.3 is 14.9 Å². The van der Waals surface area contributed by atoms with Crippen LogP contribution >= 0.6 is 34.8 Å². The molecule has 0 saturated carbocycles. The van der Waals surface area contributed by atoms with Crippen LogP contribution in [0.25, 0.3) is 0 Å². The van der Waals surface area contributed by atoms with Gasteiger partial charge >= 0.3 is 1.43 Å². The molecule has 0 aromatic rings. The van der Waals surface area contributed by atoms with Crippen molar-refractivity contribution in [1.29, 1.82) is 0 Å². The van der Waals surface area contributed by atoms with Gasteiger partial charge in [-0.05, 0) is 18.8 Å². The highest BCUT2D eigenvalue weighted by molar-refractivity contribution is 6.18. The van der Waals surface area contributed by atoms with Crippen LogP contribution in [-0.2, 0) is 4.74 Å². The Morgan fingerprint density at radius 3 is 2.00 bits per heavy atom. The fraction of sp³-hybridized carbons (Fsp3) is 1.00. The first-order chi connectivity index (χ1) is 7.63. The Bertz CT molecular complexity index is 166. The summed E-state index contributed by atoms with van der Waals surface area (Å²) in [7, 11) is 0. The van der Waals surface area contributed by atoms with E-state index in [0.717, 1.165) is 6.42 Å². The summed E-state index contributed by atoms with van der Waals surface area (Å²) in [6, 6.07) is 0. The molecule has 0 rings (SSSR count). The van der Waals surface area contributed by atoms with Crippen LogP contribution in [0.4, 0.5) is 0 Å². The maximum atomic E-state index is 9.28. The van der Waals surface area contributed by atoms with Gasteiger partial charge in [-0.25, -0.2) is 0 Å². The van der Waals surface area contributed by atoms with Gasteiger partial charge in [0.05, 0.1) is 31.3 Å². The summed E-state index contributed by atoms with van der Waals surface area (Å²) in [5.41, 5.74) is 0. The Balaban J connectivity index is 0. The number of ether oxygens (including phenoxy) is 1. The molecule has 0 spiro atoms. The molecule has 0 amide bonds. The number of aliphatic hydroxyl groups is 2. The zero-order valence-electron chi connectivity index (χ0n) is 10.1. The molecule has 98 valence electrons. The smallest absolute Gasteiger partial charge is 0.392 e. The van der Waals surface area contributed by atoms with Crippen molar-refractivity contribution in [1.82, 2.24) is 0 Å². The molecule has 3 atom stereocenters. The largest absolute Gasteiger partial charge is 1.00 e. The van der Waals surface area contributed by atoms with Crippen molar-refractivity contribution in [2.75, 3.05) is 30.9 Å². The average Bonchev–Trinajstić information content (AvgIpc) is 2.32. The summed E-state index contributed by atoms with van der Waals surface area (Å²) in [5.74, 6) is 1.03. The Morgan fingerprint density at radius 1 is 0.875 bits per heavy atom. The molecule has 0 aromatic carbocycles. The third kappa shape index (κ3) is 8.85. The second kappa shape index (κ2) is 10.9. The minimum atomic E-state index is -0.633. The molecule has 0 heterocycles. The SMILES string of the molecule is OC(CCl)CCC(CCl)COCC(O)CCl.[H+]. The average molecular weight is 295 g/mol. The minimum absolute atomic E-state index is 0. The monoisotopic (exact) mass is 293 g/mol. The first kappa shape index (κ1) is 16.8. The van der Waals surface area contributed by atoms with Crippen LogP contribution in [0.1, 0.15) is 14.3 Å². The van der Waals surface area contributed by atoms with E-state index >= 15 is 0 Å². The van der Waals surface area contributed by atoms with Crippen LogP contribution in [0.3, 0.4) is 0 Å². The predicted octanol–water partition coefficient (Wildman–Crippen LogP) is 1.95. The van der Waals surface area contributed by atoms with Gasteiger partial charge in [0, 0.05) is 11.8 Å². The highest BCUT2D eigenvalue weighted by Crippen LogP contribution is 2.12. The minimum Gasteiger partial charge on any atom is -0.392 e. The summed E-state index contributed by atoms with van der Waals surface area (Å²) < 4.78 is 5.27. The van der Waals surface area contributed by atoms with Crippen molar-refractivity contribution in [3.8, 4) is 0 Å². The van der Waals surface area contributed by atoms with Crippen LogP contribution in [0.2, 0.25) is 0 Å². The van der Waals surface area contributed by atoms with Gasteiger partial charge in [0.2, 0.25) is 0 Å². The molecule has 0 bridgehead atoms. The molecule has 0 aromatic heterocycles. The lowest BCUT2D eigenvalue weighted by Gasteiger charge is -2.16.